The van der Waals surface area contributed by atoms with Gasteiger partial charge in [0, 0.05) is 44.8 Å². The van der Waals surface area contributed by atoms with Crippen LogP contribution in [-0.4, -0.2) is 71.6 Å². The van der Waals surface area contributed by atoms with Gasteiger partial charge in [-0.05, 0) is 62.3 Å². The number of carbonyl (C=O) groups excluding carboxylic acids is 1. The third-order valence-corrected chi connectivity index (χ3v) is 7.21. The van der Waals surface area contributed by atoms with Crippen LogP contribution >= 0.6 is 0 Å². The third kappa shape index (κ3) is 4.55. The van der Waals surface area contributed by atoms with Crippen LogP contribution in [0.5, 0.6) is 5.75 Å². The molecular weight excluding hydrogens is 414 g/mol. The number of hydrogen-bond donors (Lipinski definition) is 0. The van der Waals surface area contributed by atoms with Crippen LogP contribution in [0.1, 0.15) is 18.7 Å². The maximum absolute atomic E-state index is 13.2. The SMILES string of the molecule is COc1ccc(N2CCN(C(=O)C3CCN(Cc4nc5ccccc5n4C)CC3)CC2)cc1. The van der Waals surface area contributed by atoms with Gasteiger partial charge in [-0.15, -0.1) is 0 Å². The maximum Gasteiger partial charge on any atom is 0.225 e. The van der Waals surface area contributed by atoms with Crippen molar-refractivity contribution in [1.82, 2.24) is 19.4 Å². The van der Waals surface area contributed by atoms with Crippen molar-refractivity contribution in [3.8, 4) is 5.75 Å². The Kier molecular flexibility index (Phi) is 6.22. The summed E-state index contributed by atoms with van der Waals surface area (Å²) in [6.45, 7) is 6.09. The Labute approximate surface area is 195 Å². The predicted molar refractivity (Wildman–Crippen MR) is 131 cm³/mol. The standard InChI is InChI=1S/C26H33N5O2/c1-28-24-6-4-3-5-23(24)27-25(28)19-29-13-11-20(12-14-29)26(32)31-17-15-30(16-18-31)21-7-9-22(33-2)10-8-21/h3-10,20H,11-19H2,1-2H3. The highest BCUT2D eigenvalue weighted by molar-refractivity contribution is 5.79. The van der Waals surface area contributed by atoms with Crippen molar-refractivity contribution in [3.05, 3.63) is 54.4 Å². The molecule has 33 heavy (non-hydrogen) atoms. The van der Waals surface area contributed by atoms with Gasteiger partial charge in [-0.2, -0.15) is 0 Å². The maximum atomic E-state index is 13.2. The van der Waals surface area contributed by atoms with Crippen molar-refractivity contribution in [2.24, 2.45) is 13.0 Å². The number of anilines is 1. The number of likely N-dealkylation sites (tertiary alicyclic amines) is 1. The summed E-state index contributed by atoms with van der Waals surface area (Å²) in [7, 11) is 3.77. The Morgan fingerprint density at radius 3 is 2.33 bits per heavy atom. The fourth-order valence-electron chi connectivity index (χ4n) is 5.11. The minimum absolute atomic E-state index is 0.147. The lowest BCUT2D eigenvalue weighted by Crippen LogP contribution is -2.51. The molecule has 2 fully saturated rings. The molecule has 5 rings (SSSR count). The van der Waals surface area contributed by atoms with E-state index in [4.69, 9.17) is 9.72 Å². The number of ether oxygens (including phenoxy) is 1. The number of aryl methyl sites for hydroxylation is 1. The number of piperidine rings is 1. The van der Waals surface area contributed by atoms with E-state index in [1.165, 1.54) is 11.2 Å². The third-order valence-electron chi connectivity index (χ3n) is 7.21. The summed E-state index contributed by atoms with van der Waals surface area (Å²) < 4.78 is 7.44. The van der Waals surface area contributed by atoms with Crippen molar-refractivity contribution in [2.75, 3.05) is 51.3 Å². The van der Waals surface area contributed by atoms with Crippen LogP contribution in [0.4, 0.5) is 5.69 Å². The number of amides is 1. The molecule has 0 unspecified atom stereocenters. The molecule has 174 valence electrons. The minimum atomic E-state index is 0.147. The second-order valence-electron chi connectivity index (χ2n) is 9.14. The Bertz CT molecular complexity index is 1090. The highest BCUT2D eigenvalue weighted by atomic mass is 16.5. The average molecular weight is 448 g/mol. The molecule has 3 heterocycles. The number of benzene rings is 2. The highest BCUT2D eigenvalue weighted by Crippen LogP contribution is 2.25. The van der Waals surface area contributed by atoms with E-state index >= 15 is 0 Å². The summed E-state index contributed by atoms with van der Waals surface area (Å²) in [5, 5.41) is 0. The summed E-state index contributed by atoms with van der Waals surface area (Å²) in [5.41, 5.74) is 3.42. The zero-order valence-corrected chi connectivity index (χ0v) is 19.6. The minimum Gasteiger partial charge on any atom is -0.497 e. The Morgan fingerprint density at radius 2 is 1.67 bits per heavy atom. The van der Waals surface area contributed by atoms with E-state index in [-0.39, 0.29) is 5.92 Å². The monoisotopic (exact) mass is 447 g/mol. The molecule has 7 nitrogen and oxygen atoms in total. The van der Waals surface area contributed by atoms with Gasteiger partial charge in [0.1, 0.15) is 11.6 Å². The lowest BCUT2D eigenvalue weighted by molar-refractivity contribution is -0.137. The molecule has 1 amide bonds. The molecule has 2 aliphatic heterocycles. The number of hydrogen-bond acceptors (Lipinski definition) is 5. The Balaban J connectivity index is 1.11. The van der Waals surface area contributed by atoms with Crippen LogP contribution in [0.2, 0.25) is 0 Å². The first-order chi connectivity index (χ1) is 16.1. The Hall–Kier alpha value is -3.06. The normalized spacial score (nSPS) is 18.1. The summed E-state index contributed by atoms with van der Waals surface area (Å²) in [6, 6.07) is 16.5. The zero-order chi connectivity index (χ0) is 22.8. The van der Waals surface area contributed by atoms with Gasteiger partial charge in [-0.25, -0.2) is 4.98 Å². The molecule has 2 saturated heterocycles. The number of para-hydroxylation sites is 2. The van der Waals surface area contributed by atoms with Crippen LogP contribution in [0.25, 0.3) is 11.0 Å². The van der Waals surface area contributed by atoms with Gasteiger partial charge < -0.3 is 19.1 Å². The molecule has 0 atom stereocenters. The molecule has 2 aromatic carbocycles. The topological polar surface area (TPSA) is 53.8 Å². The average Bonchev–Trinajstić information content (AvgIpc) is 3.19. The first-order valence-electron chi connectivity index (χ1n) is 11.9. The molecule has 0 bridgehead atoms. The van der Waals surface area contributed by atoms with Crippen LogP contribution in [-0.2, 0) is 18.4 Å². The summed E-state index contributed by atoms with van der Waals surface area (Å²) in [5.74, 6) is 2.45. The van der Waals surface area contributed by atoms with E-state index in [2.05, 4.69) is 56.6 Å². The zero-order valence-electron chi connectivity index (χ0n) is 19.6. The van der Waals surface area contributed by atoms with Gasteiger partial charge in [0.2, 0.25) is 5.91 Å². The van der Waals surface area contributed by atoms with E-state index in [1.54, 1.807) is 7.11 Å². The molecule has 0 saturated carbocycles. The lowest BCUT2D eigenvalue weighted by atomic mass is 9.95. The number of rotatable bonds is 5. The van der Waals surface area contributed by atoms with E-state index in [1.807, 2.05) is 18.2 Å². The molecule has 0 aliphatic carbocycles. The number of aromatic nitrogens is 2. The van der Waals surface area contributed by atoms with Crippen molar-refractivity contribution < 1.29 is 9.53 Å². The van der Waals surface area contributed by atoms with Crippen LogP contribution in [0.15, 0.2) is 48.5 Å². The van der Waals surface area contributed by atoms with Crippen molar-refractivity contribution >= 4 is 22.6 Å². The van der Waals surface area contributed by atoms with Crippen molar-refractivity contribution in [3.63, 3.8) is 0 Å². The summed E-state index contributed by atoms with van der Waals surface area (Å²) in [4.78, 5) is 24.8. The number of carbonyl (C=O) groups is 1. The van der Waals surface area contributed by atoms with Gasteiger partial charge in [0.05, 0.1) is 24.7 Å². The quantitative estimate of drug-likeness (QED) is 0.602. The fourth-order valence-corrected chi connectivity index (χ4v) is 5.11. The summed E-state index contributed by atoms with van der Waals surface area (Å²) >= 11 is 0. The molecule has 0 N–H and O–H groups in total. The van der Waals surface area contributed by atoms with Crippen molar-refractivity contribution in [1.29, 1.82) is 0 Å². The van der Waals surface area contributed by atoms with E-state index < -0.39 is 0 Å². The van der Waals surface area contributed by atoms with Gasteiger partial charge >= 0.3 is 0 Å². The first-order valence-corrected chi connectivity index (χ1v) is 11.9. The fraction of sp³-hybridized carbons (Fsp3) is 0.462. The van der Waals surface area contributed by atoms with Crippen LogP contribution in [0, 0.1) is 5.92 Å². The van der Waals surface area contributed by atoms with Gasteiger partial charge in [-0.1, -0.05) is 12.1 Å². The second-order valence-corrected chi connectivity index (χ2v) is 9.14. The second kappa shape index (κ2) is 9.43. The predicted octanol–water partition coefficient (Wildman–Crippen LogP) is 3.14. The van der Waals surface area contributed by atoms with Crippen LogP contribution < -0.4 is 9.64 Å². The van der Waals surface area contributed by atoms with Gasteiger partial charge in [0.15, 0.2) is 0 Å². The molecular formula is C26H33N5O2. The van der Waals surface area contributed by atoms with E-state index in [0.29, 0.717) is 5.91 Å². The molecule has 2 aliphatic rings. The Morgan fingerprint density at radius 1 is 0.970 bits per heavy atom. The summed E-state index contributed by atoms with van der Waals surface area (Å²) in [6.07, 6.45) is 1.86. The molecule has 0 radical (unpaired) electrons. The van der Waals surface area contributed by atoms with Gasteiger partial charge in [-0.3, -0.25) is 9.69 Å². The first kappa shape index (κ1) is 21.8. The number of imidazole rings is 1. The number of nitrogens with zero attached hydrogens (tertiary/aromatic N) is 5. The van der Waals surface area contributed by atoms with Gasteiger partial charge in [0.25, 0.3) is 0 Å². The van der Waals surface area contributed by atoms with Crippen LogP contribution in [0.3, 0.4) is 0 Å². The van der Waals surface area contributed by atoms with Crippen molar-refractivity contribution in [2.45, 2.75) is 19.4 Å². The number of methoxy groups -OCH3 is 1. The van der Waals surface area contributed by atoms with E-state index in [9.17, 15) is 4.79 Å². The highest BCUT2D eigenvalue weighted by Gasteiger charge is 2.30. The molecule has 3 aromatic rings. The molecule has 1 aromatic heterocycles. The molecule has 7 heteroatoms. The largest absolute Gasteiger partial charge is 0.497 e. The molecule has 0 spiro atoms. The smallest absolute Gasteiger partial charge is 0.225 e. The number of fused-ring (bicyclic) bond motifs is 1. The number of piperazine rings is 1. The van der Waals surface area contributed by atoms with E-state index in [0.717, 1.165) is 75.7 Å². The lowest BCUT2D eigenvalue weighted by Gasteiger charge is -2.39.